The van der Waals surface area contributed by atoms with Gasteiger partial charge in [-0.2, -0.15) is 0 Å². The van der Waals surface area contributed by atoms with Gasteiger partial charge in [0.2, 0.25) is 11.8 Å². The number of hydrogen-bond donors (Lipinski definition) is 2. The fraction of sp³-hybridized carbons (Fsp3) is 0.423. The fourth-order valence-corrected chi connectivity index (χ4v) is 4.04. The Bertz CT molecular complexity index is 958. The van der Waals surface area contributed by atoms with E-state index in [2.05, 4.69) is 10.6 Å². The zero-order valence-corrected chi connectivity index (χ0v) is 20.0. The molecule has 1 fully saturated rings. The number of urea groups is 1. The molecule has 0 aromatic heterocycles. The van der Waals surface area contributed by atoms with E-state index >= 15 is 0 Å². The highest BCUT2D eigenvalue weighted by atomic mass is 16.5. The van der Waals surface area contributed by atoms with Crippen LogP contribution in [0.25, 0.3) is 0 Å². The van der Waals surface area contributed by atoms with Crippen LogP contribution in [0.4, 0.5) is 4.79 Å². The number of carbonyl (C=O) groups is 3. The first kappa shape index (κ1) is 25.1. The third-order valence-electron chi connectivity index (χ3n) is 5.98. The minimum Gasteiger partial charge on any atom is -0.496 e. The van der Waals surface area contributed by atoms with E-state index in [9.17, 15) is 14.4 Å². The zero-order valence-electron chi connectivity index (χ0n) is 20.0. The SMILES string of the molecule is COc1ccccc1CC(=O)N1CCC(NC(=O)CCNC(=O)N(C)Cc2ccccc2)CC1. The minimum atomic E-state index is -0.210. The molecular formula is C26H34N4O4. The van der Waals surface area contributed by atoms with Crippen molar-refractivity contribution in [3.8, 4) is 5.75 Å². The Hall–Kier alpha value is -3.55. The van der Waals surface area contributed by atoms with Crippen molar-refractivity contribution in [3.63, 3.8) is 0 Å². The van der Waals surface area contributed by atoms with Crippen LogP contribution in [0.15, 0.2) is 54.6 Å². The van der Waals surface area contributed by atoms with Gasteiger partial charge >= 0.3 is 6.03 Å². The van der Waals surface area contributed by atoms with Gasteiger partial charge in [-0.15, -0.1) is 0 Å². The molecule has 1 heterocycles. The van der Waals surface area contributed by atoms with E-state index in [1.165, 1.54) is 0 Å². The monoisotopic (exact) mass is 466 g/mol. The van der Waals surface area contributed by atoms with Crippen LogP contribution in [-0.2, 0) is 22.6 Å². The van der Waals surface area contributed by atoms with Gasteiger partial charge in [-0.3, -0.25) is 9.59 Å². The van der Waals surface area contributed by atoms with E-state index in [0.29, 0.717) is 26.1 Å². The highest BCUT2D eigenvalue weighted by Gasteiger charge is 2.24. The van der Waals surface area contributed by atoms with Gasteiger partial charge in [-0.1, -0.05) is 48.5 Å². The molecule has 2 aromatic rings. The smallest absolute Gasteiger partial charge is 0.317 e. The van der Waals surface area contributed by atoms with E-state index < -0.39 is 0 Å². The second-order valence-electron chi connectivity index (χ2n) is 8.53. The summed E-state index contributed by atoms with van der Waals surface area (Å²) in [5, 5.41) is 5.82. The molecule has 1 aliphatic rings. The Kier molecular flexibility index (Phi) is 9.31. The summed E-state index contributed by atoms with van der Waals surface area (Å²) in [6, 6.07) is 17.1. The molecule has 8 nitrogen and oxygen atoms in total. The zero-order chi connectivity index (χ0) is 24.3. The number of piperidine rings is 1. The van der Waals surface area contributed by atoms with Gasteiger partial charge in [-0.25, -0.2) is 4.79 Å². The summed E-state index contributed by atoms with van der Waals surface area (Å²) in [5.41, 5.74) is 1.92. The molecule has 1 saturated heterocycles. The molecule has 8 heteroatoms. The van der Waals surface area contributed by atoms with Gasteiger partial charge in [-0.05, 0) is 24.5 Å². The lowest BCUT2D eigenvalue weighted by molar-refractivity contribution is -0.131. The average Bonchev–Trinajstić information content (AvgIpc) is 2.85. The Labute approximate surface area is 201 Å². The summed E-state index contributed by atoms with van der Waals surface area (Å²) < 4.78 is 5.33. The molecule has 2 aromatic carbocycles. The first-order valence-electron chi connectivity index (χ1n) is 11.7. The Balaban J connectivity index is 1.33. The number of nitrogens with one attached hydrogen (secondary N) is 2. The molecule has 0 atom stereocenters. The summed E-state index contributed by atoms with van der Waals surface area (Å²) in [4.78, 5) is 40.7. The van der Waals surface area contributed by atoms with Crippen molar-refractivity contribution >= 4 is 17.8 Å². The van der Waals surface area contributed by atoms with Crippen LogP contribution in [0, 0.1) is 0 Å². The highest BCUT2D eigenvalue weighted by Crippen LogP contribution is 2.20. The van der Waals surface area contributed by atoms with Crippen molar-refractivity contribution in [2.24, 2.45) is 0 Å². The van der Waals surface area contributed by atoms with Gasteiger partial charge in [0.1, 0.15) is 5.75 Å². The molecule has 2 N–H and O–H groups in total. The number of para-hydroxylation sites is 1. The van der Waals surface area contributed by atoms with Crippen LogP contribution in [0.2, 0.25) is 0 Å². The molecule has 182 valence electrons. The molecule has 0 spiro atoms. The van der Waals surface area contributed by atoms with E-state index in [0.717, 1.165) is 29.7 Å². The van der Waals surface area contributed by atoms with Crippen LogP contribution in [-0.4, -0.2) is 67.5 Å². The standard InChI is InChI=1S/C26H34N4O4/c1-29(19-20-8-4-3-5-9-20)26(33)27-15-12-24(31)28-22-13-16-30(17-14-22)25(32)18-21-10-6-7-11-23(21)34-2/h3-11,22H,12-19H2,1-2H3,(H,27,33)(H,28,31). The molecule has 34 heavy (non-hydrogen) atoms. The van der Waals surface area contributed by atoms with Crippen molar-refractivity contribution in [2.75, 3.05) is 33.8 Å². The normalized spacial score (nSPS) is 13.8. The van der Waals surface area contributed by atoms with Crippen molar-refractivity contribution in [1.82, 2.24) is 20.4 Å². The first-order valence-corrected chi connectivity index (χ1v) is 11.7. The second kappa shape index (κ2) is 12.6. The predicted molar refractivity (Wildman–Crippen MR) is 130 cm³/mol. The topological polar surface area (TPSA) is 91.0 Å². The lowest BCUT2D eigenvalue weighted by atomic mass is 10.0. The van der Waals surface area contributed by atoms with Crippen LogP contribution in [0.1, 0.15) is 30.4 Å². The first-order chi connectivity index (χ1) is 16.5. The molecule has 0 unspecified atom stereocenters. The molecule has 3 rings (SSSR count). The third kappa shape index (κ3) is 7.50. The van der Waals surface area contributed by atoms with Gasteiger partial charge in [0.05, 0.1) is 13.5 Å². The number of ether oxygens (including phenoxy) is 1. The van der Waals surface area contributed by atoms with Crippen LogP contribution >= 0.6 is 0 Å². The fourth-order valence-electron chi connectivity index (χ4n) is 4.04. The summed E-state index contributed by atoms with van der Waals surface area (Å²) in [5.74, 6) is 0.692. The summed E-state index contributed by atoms with van der Waals surface area (Å²) in [6.07, 6.45) is 1.96. The summed E-state index contributed by atoms with van der Waals surface area (Å²) in [7, 11) is 3.33. The van der Waals surface area contributed by atoms with Gasteiger partial charge in [0.15, 0.2) is 0 Å². The second-order valence-corrected chi connectivity index (χ2v) is 8.53. The molecular weight excluding hydrogens is 432 g/mol. The quantitative estimate of drug-likeness (QED) is 0.594. The lowest BCUT2D eigenvalue weighted by Crippen LogP contribution is -2.47. The van der Waals surface area contributed by atoms with E-state index in [4.69, 9.17) is 4.74 Å². The maximum Gasteiger partial charge on any atom is 0.317 e. The van der Waals surface area contributed by atoms with Gasteiger partial charge < -0.3 is 25.2 Å². The van der Waals surface area contributed by atoms with E-state index in [1.807, 2.05) is 59.5 Å². The summed E-state index contributed by atoms with van der Waals surface area (Å²) >= 11 is 0. The molecule has 0 aliphatic carbocycles. The van der Waals surface area contributed by atoms with Crippen molar-refractivity contribution in [3.05, 3.63) is 65.7 Å². The number of nitrogens with zero attached hydrogens (tertiary/aromatic N) is 2. The largest absolute Gasteiger partial charge is 0.496 e. The highest BCUT2D eigenvalue weighted by molar-refractivity contribution is 5.80. The molecule has 1 aliphatic heterocycles. The van der Waals surface area contributed by atoms with Crippen molar-refractivity contribution in [1.29, 1.82) is 0 Å². The van der Waals surface area contributed by atoms with Crippen LogP contribution in [0.3, 0.4) is 0 Å². The number of likely N-dealkylation sites (tertiary alicyclic amines) is 1. The van der Waals surface area contributed by atoms with Crippen LogP contribution in [0.5, 0.6) is 5.75 Å². The van der Waals surface area contributed by atoms with Crippen LogP contribution < -0.4 is 15.4 Å². The number of methoxy groups -OCH3 is 1. The molecule has 0 bridgehead atoms. The maximum atomic E-state index is 12.7. The van der Waals surface area contributed by atoms with Gasteiger partial charge in [0, 0.05) is 51.3 Å². The number of carbonyl (C=O) groups excluding carboxylic acids is 3. The number of rotatable bonds is 9. The predicted octanol–water partition coefficient (Wildman–Crippen LogP) is 2.58. The third-order valence-corrected chi connectivity index (χ3v) is 5.98. The minimum absolute atomic E-state index is 0.0410. The van der Waals surface area contributed by atoms with Crippen molar-refractivity contribution in [2.45, 2.75) is 38.3 Å². The summed E-state index contributed by atoms with van der Waals surface area (Å²) in [6.45, 7) is 2.01. The molecule has 0 radical (unpaired) electrons. The Morgan fingerprint density at radius 3 is 2.41 bits per heavy atom. The van der Waals surface area contributed by atoms with Crippen molar-refractivity contribution < 1.29 is 19.1 Å². The van der Waals surface area contributed by atoms with Gasteiger partial charge in [0.25, 0.3) is 0 Å². The lowest BCUT2D eigenvalue weighted by Gasteiger charge is -2.32. The Morgan fingerprint density at radius 1 is 1.03 bits per heavy atom. The van der Waals surface area contributed by atoms with E-state index in [-0.39, 0.29) is 36.9 Å². The average molecular weight is 467 g/mol. The number of hydrogen-bond acceptors (Lipinski definition) is 4. The number of benzene rings is 2. The number of amides is 4. The molecule has 0 saturated carbocycles. The van der Waals surface area contributed by atoms with E-state index in [1.54, 1.807) is 19.1 Å². The molecule has 4 amide bonds. The maximum absolute atomic E-state index is 12.7. The Morgan fingerprint density at radius 2 is 1.71 bits per heavy atom.